The van der Waals surface area contributed by atoms with E-state index in [2.05, 4.69) is 17.4 Å². The average molecular weight is 238 g/mol. The van der Waals surface area contributed by atoms with E-state index in [1.807, 2.05) is 29.5 Å². The Balaban J connectivity index is 2.91. The lowest BCUT2D eigenvalue weighted by Gasteiger charge is -2.08. The molecule has 0 bridgehead atoms. The first kappa shape index (κ1) is 6.85. The van der Waals surface area contributed by atoms with Crippen LogP contribution in [0, 0.1) is 0 Å². The molecule has 1 fully saturated rings. The Morgan fingerprint density at radius 2 is 2.22 bits per heavy atom. The molecule has 1 aliphatic rings. The van der Waals surface area contributed by atoms with E-state index in [0.717, 1.165) is 0 Å². The van der Waals surface area contributed by atoms with Crippen LogP contribution in [0.25, 0.3) is 0 Å². The molecule has 1 rings (SSSR count). The second-order valence-electron chi connectivity index (χ2n) is 2.06. The standard InChI is InChI=1S/C5H7IN2O/c1-3-5(2,6)4(9)8-7-3/h7H,1H2,2H3,(H,8,9). The highest BCUT2D eigenvalue weighted by Crippen LogP contribution is 2.27. The van der Waals surface area contributed by atoms with Crippen molar-refractivity contribution in [1.29, 1.82) is 0 Å². The summed E-state index contributed by atoms with van der Waals surface area (Å²) in [5, 5.41) is 0. The van der Waals surface area contributed by atoms with Crippen LogP contribution >= 0.6 is 22.6 Å². The van der Waals surface area contributed by atoms with E-state index >= 15 is 0 Å². The Morgan fingerprint density at radius 1 is 1.67 bits per heavy atom. The molecule has 1 aliphatic heterocycles. The first-order valence-electron chi connectivity index (χ1n) is 2.50. The van der Waals surface area contributed by atoms with Crippen LogP contribution in [-0.2, 0) is 4.79 Å². The molecule has 1 unspecified atom stereocenters. The number of alkyl halides is 1. The first-order valence-corrected chi connectivity index (χ1v) is 3.58. The summed E-state index contributed by atoms with van der Waals surface area (Å²) in [6.45, 7) is 5.47. The van der Waals surface area contributed by atoms with Crippen molar-refractivity contribution in [2.24, 2.45) is 0 Å². The van der Waals surface area contributed by atoms with Crippen molar-refractivity contribution in [2.45, 2.75) is 10.3 Å². The lowest BCUT2D eigenvalue weighted by atomic mass is 10.1. The molecule has 9 heavy (non-hydrogen) atoms. The van der Waals surface area contributed by atoms with Crippen molar-refractivity contribution in [3.63, 3.8) is 0 Å². The normalized spacial score (nSPS) is 34.0. The molecular weight excluding hydrogens is 231 g/mol. The minimum atomic E-state index is -0.474. The molecule has 2 N–H and O–H groups in total. The molecule has 0 aliphatic carbocycles. The number of halogens is 1. The van der Waals surface area contributed by atoms with Gasteiger partial charge in [-0.25, -0.2) is 0 Å². The summed E-state index contributed by atoms with van der Waals surface area (Å²) in [7, 11) is 0. The van der Waals surface area contributed by atoms with E-state index in [1.165, 1.54) is 0 Å². The van der Waals surface area contributed by atoms with Crippen LogP contribution in [0.15, 0.2) is 12.3 Å². The molecule has 4 heteroatoms. The van der Waals surface area contributed by atoms with Crippen LogP contribution in [0.3, 0.4) is 0 Å². The molecule has 0 aromatic rings. The van der Waals surface area contributed by atoms with Gasteiger partial charge < -0.3 is 5.43 Å². The molecule has 0 spiro atoms. The highest BCUT2D eigenvalue weighted by molar-refractivity contribution is 14.1. The first-order chi connectivity index (χ1) is 4.05. The van der Waals surface area contributed by atoms with Gasteiger partial charge in [0, 0.05) is 5.70 Å². The monoisotopic (exact) mass is 238 g/mol. The molecule has 0 saturated carbocycles. The molecule has 1 atom stereocenters. The maximum Gasteiger partial charge on any atom is 0.260 e. The molecule has 1 amide bonds. The van der Waals surface area contributed by atoms with Crippen molar-refractivity contribution in [3.05, 3.63) is 12.3 Å². The Morgan fingerprint density at radius 3 is 2.33 bits per heavy atom. The maximum absolute atomic E-state index is 10.9. The third kappa shape index (κ3) is 0.910. The minimum Gasteiger partial charge on any atom is -0.301 e. The predicted molar refractivity (Wildman–Crippen MR) is 42.8 cm³/mol. The summed E-state index contributed by atoms with van der Waals surface area (Å²) in [5.74, 6) is -0.0342. The fourth-order valence-corrected chi connectivity index (χ4v) is 0.774. The van der Waals surface area contributed by atoms with Crippen molar-refractivity contribution < 1.29 is 4.79 Å². The van der Waals surface area contributed by atoms with Gasteiger partial charge in [0.2, 0.25) is 0 Å². The third-order valence-electron chi connectivity index (χ3n) is 1.32. The fourth-order valence-electron chi connectivity index (χ4n) is 0.504. The van der Waals surface area contributed by atoms with E-state index in [1.54, 1.807) is 0 Å². The summed E-state index contributed by atoms with van der Waals surface area (Å²) >= 11 is 2.04. The summed E-state index contributed by atoms with van der Waals surface area (Å²) in [5.41, 5.74) is 5.84. The predicted octanol–water partition coefficient (Wildman–Crippen LogP) is 0.328. The van der Waals surface area contributed by atoms with Crippen molar-refractivity contribution >= 4 is 28.5 Å². The largest absolute Gasteiger partial charge is 0.301 e. The molecule has 0 aromatic carbocycles. The van der Waals surface area contributed by atoms with E-state index in [0.29, 0.717) is 5.70 Å². The number of carbonyl (C=O) groups is 1. The van der Waals surface area contributed by atoms with Crippen LogP contribution in [0.2, 0.25) is 0 Å². The van der Waals surface area contributed by atoms with Crippen molar-refractivity contribution in [3.8, 4) is 0 Å². The van der Waals surface area contributed by atoms with E-state index < -0.39 is 3.42 Å². The molecule has 50 valence electrons. The highest BCUT2D eigenvalue weighted by atomic mass is 127. The van der Waals surface area contributed by atoms with E-state index in [4.69, 9.17) is 0 Å². The summed E-state index contributed by atoms with van der Waals surface area (Å²) in [6, 6.07) is 0. The van der Waals surface area contributed by atoms with Crippen LogP contribution in [0.5, 0.6) is 0 Å². The van der Waals surface area contributed by atoms with Crippen molar-refractivity contribution in [1.82, 2.24) is 10.9 Å². The second kappa shape index (κ2) is 1.86. The summed E-state index contributed by atoms with van der Waals surface area (Å²) in [4.78, 5) is 10.9. The van der Waals surface area contributed by atoms with Gasteiger partial charge in [0.1, 0.15) is 3.42 Å². The minimum absolute atomic E-state index is 0.0342. The summed E-state index contributed by atoms with van der Waals surface area (Å²) < 4.78 is -0.474. The lowest BCUT2D eigenvalue weighted by molar-refractivity contribution is -0.120. The van der Waals surface area contributed by atoms with Crippen LogP contribution in [0.4, 0.5) is 0 Å². The van der Waals surface area contributed by atoms with Gasteiger partial charge in [-0.15, -0.1) is 0 Å². The van der Waals surface area contributed by atoms with Gasteiger partial charge in [0.15, 0.2) is 0 Å². The van der Waals surface area contributed by atoms with Crippen molar-refractivity contribution in [2.75, 3.05) is 0 Å². The van der Waals surface area contributed by atoms with Gasteiger partial charge in [-0.3, -0.25) is 10.2 Å². The number of rotatable bonds is 0. The Bertz CT molecular complexity index is 158. The second-order valence-corrected chi connectivity index (χ2v) is 4.22. The smallest absolute Gasteiger partial charge is 0.260 e. The lowest BCUT2D eigenvalue weighted by Crippen LogP contribution is -2.30. The average Bonchev–Trinajstić information content (AvgIpc) is 1.96. The molecule has 1 saturated heterocycles. The van der Waals surface area contributed by atoms with Gasteiger partial charge in [-0.05, 0) is 6.92 Å². The number of carbonyl (C=O) groups excluding carboxylic acids is 1. The van der Waals surface area contributed by atoms with Gasteiger partial charge in [-0.2, -0.15) is 0 Å². The SMILES string of the molecule is C=C1NNC(=O)C1(C)I. The maximum atomic E-state index is 10.9. The Labute approximate surface area is 67.0 Å². The van der Waals surface area contributed by atoms with Gasteiger partial charge in [-0.1, -0.05) is 29.2 Å². The van der Waals surface area contributed by atoms with Gasteiger partial charge >= 0.3 is 0 Å². The highest BCUT2D eigenvalue weighted by Gasteiger charge is 2.38. The van der Waals surface area contributed by atoms with Crippen LogP contribution < -0.4 is 10.9 Å². The molecule has 0 radical (unpaired) electrons. The van der Waals surface area contributed by atoms with Crippen LogP contribution in [-0.4, -0.2) is 9.33 Å². The number of hydrogen-bond donors (Lipinski definition) is 2. The Kier molecular flexibility index (Phi) is 1.42. The zero-order valence-electron chi connectivity index (χ0n) is 4.99. The topological polar surface area (TPSA) is 41.1 Å². The molecule has 0 aromatic heterocycles. The van der Waals surface area contributed by atoms with Gasteiger partial charge in [0.05, 0.1) is 0 Å². The van der Waals surface area contributed by atoms with Gasteiger partial charge in [0.25, 0.3) is 5.91 Å². The fraction of sp³-hybridized carbons (Fsp3) is 0.400. The molecule has 3 nitrogen and oxygen atoms in total. The Hall–Kier alpha value is -0.260. The summed E-state index contributed by atoms with van der Waals surface area (Å²) in [6.07, 6.45) is 0. The van der Waals surface area contributed by atoms with E-state index in [9.17, 15) is 4.79 Å². The van der Waals surface area contributed by atoms with Crippen LogP contribution in [0.1, 0.15) is 6.92 Å². The molecular formula is C5H7IN2O. The zero-order valence-corrected chi connectivity index (χ0v) is 7.15. The quantitative estimate of drug-likeness (QED) is 0.471. The molecule has 1 heterocycles. The zero-order chi connectivity index (χ0) is 7.07. The number of hydrazine groups is 1. The number of nitrogens with one attached hydrogen (secondary N) is 2. The number of amides is 1. The third-order valence-corrected chi connectivity index (χ3v) is 2.46. The van der Waals surface area contributed by atoms with E-state index in [-0.39, 0.29) is 5.91 Å². The number of hydrogen-bond acceptors (Lipinski definition) is 2.